The molecule has 0 bridgehead atoms. The summed E-state index contributed by atoms with van der Waals surface area (Å²) in [6, 6.07) is 10.4. The van der Waals surface area contributed by atoms with Crippen LogP contribution in [0.3, 0.4) is 0 Å². The molecule has 4 heteroatoms. The van der Waals surface area contributed by atoms with Crippen molar-refractivity contribution >= 4 is 11.6 Å². The summed E-state index contributed by atoms with van der Waals surface area (Å²) >= 11 is 6.00. The van der Waals surface area contributed by atoms with Crippen LogP contribution < -0.4 is 0 Å². The number of rotatable bonds is 4. The second-order valence-corrected chi connectivity index (χ2v) is 7.06. The van der Waals surface area contributed by atoms with Crippen LogP contribution in [0, 0.1) is 11.3 Å². The summed E-state index contributed by atoms with van der Waals surface area (Å²) in [7, 11) is 0. The van der Waals surface area contributed by atoms with E-state index in [1.807, 2.05) is 12.1 Å². The number of imidazole rings is 1. The fourth-order valence-electron chi connectivity index (χ4n) is 3.52. The van der Waals surface area contributed by atoms with Gasteiger partial charge in [0, 0.05) is 35.5 Å². The molecule has 1 unspecified atom stereocenters. The van der Waals surface area contributed by atoms with Gasteiger partial charge in [-0.25, -0.2) is 4.98 Å². The quantitative estimate of drug-likeness (QED) is 0.789. The van der Waals surface area contributed by atoms with E-state index in [2.05, 4.69) is 36.6 Å². The van der Waals surface area contributed by atoms with Crippen LogP contribution in [0.4, 0.5) is 0 Å². The minimum Gasteiger partial charge on any atom is -0.327 e. The maximum Gasteiger partial charge on any atom is 0.112 e. The molecule has 3 rings (SSSR count). The second kappa shape index (κ2) is 6.76. The molecule has 0 radical (unpaired) electrons. The van der Waals surface area contributed by atoms with Gasteiger partial charge in [-0.3, -0.25) is 0 Å². The topological polar surface area (TPSA) is 41.6 Å². The van der Waals surface area contributed by atoms with E-state index in [1.54, 1.807) is 0 Å². The van der Waals surface area contributed by atoms with Crippen molar-refractivity contribution in [3.63, 3.8) is 0 Å². The van der Waals surface area contributed by atoms with E-state index in [1.165, 1.54) is 17.0 Å². The first-order valence-corrected chi connectivity index (χ1v) is 8.68. The minimum absolute atomic E-state index is 0.316. The minimum atomic E-state index is 0.316. The molecular weight excluding hydrogens is 306 g/mol. The summed E-state index contributed by atoms with van der Waals surface area (Å²) in [6.45, 7) is 5.17. The number of nitriles is 1. The van der Waals surface area contributed by atoms with Crippen molar-refractivity contribution in [3.05, 3.63) is 52.1 Å². The van der Waals surface area contributed by atoms with E-state index in [0.29, 0.717) is 18.3 Å². The van der Waals surface area contributed by atoms with Crippen molar-refractivity contribution in [3.8, 4) is 6.07 Å². The van der Waals surface area contributed by atoms with Gasteiger partial charge in [-0.15, -0.1) is 0 Å². The number of hydrogen-bond donors (Lipinski definition) is 0. The van der Waals surface area contributed by atoms with Gasteiger partial charge in [0.05, 0.1) is 11.8 Å². The van der Waals surface area contributed by atoms with Crippen LogP contribution >= 0.6 is 11.6 Å². The fourth-order valence-corrected chi connectivity index (χ4v) is 3.64. The van der Waals surface area contributed by atoms with Crippen molar-refractivity contribution in [1.29, 1.82) is 5.26 Å². The lowest BCUT2D eigenvalue weighted by atomic mass is 9.87. The highest BCUT2D eigenvalue weighted by atomic mass is 35.5. The normalized spacial score (nSPS) is 17.1. The summed E-state index contributed by atoms with van der Waals surface area (Å²) in [5.41, 5.74) is 3.71. The van der Waals surface area contributed by atoms with Gasteiger partial charge in [-0.2, -0.15) is 5.26 Å². The molecule has 0 amide bonds. The SMILES string of the molecule is CC(C)c1nc2c(n1Cc1ccc(Cl)cc1)C(CC#N)CCC2. The molecule has 23 heavy (non-hydrogen) atoms. The highest BCUT2D eigenvalue weighted by molar-refractivity contribution is 6.30. The maximum atomic E-state index is 9.18. The smallest absolute Gasteiger partial charge is 0.112 e. The van der Waals surface area contributed by atoms with E-state index in [-0.39, 0.29) is 0 Å². The van der Waals surface area contributed by atoms with Crippen LogP contribution in [0.2, 0.25) is 5.02 Å². The fraction of sp³-hybridized carbons (Fsp3) is 0.474. The maximum absolute atomic E-state index is 9.18. The highest BCUT2D eigenvalue weighted by Crippen LogP contribution is 2.36. The Morgan fingerprint density at radius 2 is 2.09 bits per heavy atom. The van der Waals surface area contributed by atoms with Gasteiger partial charge in [0.2, 0.25) is 0 Å². The summed E-state index contributed by atoms with van der Waals surface area (Å²) < 4.78 is 2.35. The first-order valence-electron chi connectivity index (χ1n) is 8.30. The van der Waals surface area contributed by atoms with Gasteiger partial charge in [-0.1, -0.05) is 37.6 Å². The van der Waals surface area contributed by atoms with E-state index in [0.717, 1.165) is 36.7 Å². The molecule has 2 aromatic rings. The zero-order valence-electron chi connectivity index (χ0n) is 13.7. The van der Waals surface area contributed by atoms with E-state index >= 15 is 0 Å². The predicted octanol–water partition coefficient (Wildman–Crippen LogP) is 5.04. The summed E-state index contributed by atoms with van der Waals surface area (Å²) in [5, 5.41) is 9.93. The molecule has 0 saturated carbocycles. The van der Waals surface area contributed by atoms with Crippen LogP contribution in [-0.2, 0) is 13.0 Å². The molecule has 1 aliphatic rings. The number of fused-ring (bicyclic) bond motifs is 1. The Balaban J connectivity index is 2.04. The molecule has 0 fully saturated rings. The van der Waals surface area contributed by atoms with Crippen molar-refractivity contribution in [1.82, 2.24) is 9.55 Å². The summed E-state index contributed by atoms with van der Waals surface area (Å²) in [4.78, 5) is 4.92. The van der Waals surface area contributed by atoms with Crippen LogP contribution in [0.15, 0.2) is 24.3 Å². The Kier molecular flexibility index (Phi) is 4.73. The first-order chi connectivity index (χ1) is 11.1. The summed E-state index contributed by atoms with van der Waals surface area (Å²) in [6.07, 6.45) is 3.83. The third-order valence-corrected chi connectivity index (χ3v) is 4.83. The van der Waals surface area contributed by atoms with E-state index < -0.39 is 0 Å². The molecule has 1 heterocycles. The summed E-state index contributed by atoms with van der Waals surface area (Å²) in [5.74, 6) is 1.82. The average molecular weight is 328 g/mol. The Morgan fingerprint density at radius 3 is 2.74 bits per heavy atom. The zero-order chi connectivity index (χ0) is 16.4. The van der Waals surface area contributed by atoms with E-state index in [9.17, 15) is 5.26 Å². The number of halogens is 1. The van der Waals surface area contributed by atoms with E-state index in [4.69, 9.17) is 16.6 Å². The Labute approximate surface area is 142 Å². The molecule has 1 aromatic carbocycles. The largest absolute Gasteiger partial charge is 0.327 e. The second-order valence-electron chi connectivity index (χ2n) is 6.62. The van der Waals surface area contributed by atoms with Gasteiger partial charge in [-0.05, 0) is 37.0 Å². The predicted molar refractivity (Wildman–Crippen MR) is 92.8 cm³/mol. The molecule has 1 atom stereocenters. The molecule has 0 N–H and O–H groups in total. The van der Waals surface area contributed by atoms with Crippen molar-refractivity contribution in [2.75, 3.05) is 0 Å². The van der Waals surface area contributed by atoms with Crippen LogP contribution in [0.1, 0.15) is 67.7 Å². The monoisotopic (exact) mass is 327 g/mol. The van der Waals surface area contributed by atoms with Gasteiger partial charge in [0.1, 0.15) is 5.82 Å². The number of benzene rings is 1. The Hall–Kier alpha value is -1.79. The molecule has 0 aliphatic heterocycles. The standard InChI is InChI=1S/C19H22ClN3/c1-13(2)19-22-17-5-3-4-15(10-11-21)18(17)23(19)12-14-6-8-16(20)9-7-14/h6-9,13,15H,3-5,10,12H2,1-2H3. The van der Waals surface area contributed by atoms with Crippen LogP contribution in [0.25, 0.3) is 0 Å². The molecule has 1 aliphatic carbocycles. The van der Waals surface area contributed by atoms with Gasteiger partial charge < -0.3 is 4.57 Å². The molecule has 3 nitrogen and oxygen atoms in total. The lowest BCUT2D eigenvalue weighted by Crippen LogP contribution is -2.16. The molecular formula is C19H22ClN3. The number of hydrogen-bond acceptors (Lipinski definition) is 2. The number of aryl methyl sites for hydroxylation is 1. The number of nitrogens with zero attached hydrogens (tertiary/aromatic N) is 3. The van der Waals surface area contributed by atoms with Crippen LogP contribution in [0.5, 0.6) is 0 Å². The van der Waals surface area contributed by atoms with Crippen molar-refractivity contribution in [2.45, 2.75) is 57.9 Å². The molecule has 0 saturated heterocycles. The Morgan fingerprint density at radius 1 is 1.35 bits per heavy atom. The number of aromatic nitrogens is 2. The van der Waals surface area contributed by atoms with Crippen molar-refractivity contribution in [2.24, 2.45) is 0 Å². The highest BCUT2D eigenvalue weighted by Gasteiger charge is 2.28. The third kappa shape index (κ3) is 3.28. The third-order valence-electron chi connectivity index (χ3n) is 4.57. The van der Waals surface area contributed by atoms with Gasteiger partial charge >= 0.3 is 0 Å². The molecule has 1 aromatic heterocycles. The molecule has 0 spiro atoms. The van der Waals surface area contributed by atoms with Crippen molar-refractivity contribution < 1.29 is 0 Å². The average Bonchev–Trinajstić information content (AvgIpc) is 2.90. The first kappa shape index (κ1) is 16.1. The Bertz CT molecular complexity index is 722. The van der Waals surface area contributed by atoms with Gasteiger partial charge in [0.15, 0.2) is 0 Å². The molecule has 120 valence electrons. The zero-order valence-corrected chi connectivity index (χ0v) is 14.5. The van der Waals surface area contributed by atoms with Gasteiger partial charge in [0.25, 0.3) is 0 Å². The lowest BCUT2D eigenvalue weighted by molar-refractivity contribution is 0.515. The lowest BCUT2D eigenvalue weighted by Gasteiger charge is -2.23. The van der Waals surface area contributed by atoms with Crippen LogP contribution in [-0.4, -0.2) is 9.55 Å².